The first-order valence-corrected chi connectivity index (χ1v) is 6.71. The predicted molar refractivity (Wildman–Crippen MR) is 67.6 cm³/mol. The Balaban J connectivity index is 2.15. The van der Waals surface area contributed by atoms with Crippen LogP contribution >= 0.6 is 0 Å². The van der Waals surface area contributed by atoms with Gasteiger partial charge in [-0.1, -0.05) is 38.3 Å². The Kier molecular flexibility index (Phi) is 6.94. The maximum Gasteiger partial charge on any atom is 0.293 e. The lowest BCUT2D eigenvalue weighted by Gasteiger charge is -2.10. The Bertz CT molecular complexity index is 238. The molecule has 3 heteroatoms. The van der Waals surface area contributed by atoms with Crippen molar-refractivity contribution in [3.05, 3.63) is 12.2 Å². The maximum atomic E-state index is 10.2. The van der Waals surface area contributed by atoms with Crippen LogP contribution in [0.1, 0.15) is 51.9 Å². The number of ether oxygens (including phenoxy) is 1. The average molecular weight is 240 g/mol. The number of aliphatic hydroxyl groups is 1. The highest BCUT2D eigenvalue weighted by atomic mass is 16.5. The molecular formula is C14H24O3. The van der Waals surface area contributed by atoms with Crippen LogP contribution in [0.2, 0.25) is 0 Å². The van der Waals surface area contributed by atoms with E-state index in [4.69, 9.17) is 4.74 Å². The second-order valence-electron chi connectivity index (χ2n) is 4.85. The Morgan fingerprint density at radius 1 is 1.29 bits per heavy atom. The highest BCUT2D eigenvalue weighted by Gasteiger charge is 2.32. The summed E-state index contributed by atoms with van der Waals surface area (Å²) < 4.78 is 4.84. The van der Waals surface area contributed by atoms with Gasteiger partial charge in [-0.25, -0.2) is 0 Å². The highest BCUT2D eigenvalue weighted by Crippen LogP contribution is 2.29. The van der Waals surface area contributed by atoms with Crippen LogP contribution in [0.4, 0.5) is 0 Å². The van der Waals surface area contributed by atoms with Gasteiger partial charge >= 0.3 is 0 Å². The zero-order chi connectivity index (χ0) is 12.5. The zero-order valence-corrected chi connectivity index (χ0v) is 10.7. The largest absolute Gasteiger partial charge is 0.462 e. The number of aliphatic hydroxyl groups excluding tert-OH is 1. The molecule has 0 spiro atoms. The van der Waals surface area contributed by atoms with Gasteiger partial charge in [-0.2, -0.15) is 0 Å². The van der Waals surface area contributed by atoms with Crippen LogP contribution in [-0.4, -0.2) is 23.8 Å². The third-order valence-corrected chi connectivity index (χ3v) is 3.37. The highest BCUT2D eigenvalue weighted by molar-refractivity contribution is 5.37. The van der Waals surface area contributed by atoms with Crippen LogP contribution in [0.15, 0.2) is 12.2 Å². The molecule has 1 aliphatic rings. The lowest BCUT2D eigenvalue weighted by molar-refractivity contribution is -0.137. The fraction of sp³-hybridized carbons (Fsp3) is 0.786. The summed E-state index contributed by atoms with van der Waals surface area (Å²) in [6.45, 7) is 2.65. The number of hydrogen-bond donors (Lipinski definition) is 1. The molecule has 1 fully saturated rings. The summed E-state index contributed by atoms with van der Waals surface area (Å²) >= 11 is 0. The van der Waals surface area contributed by atoms with E-state index in [9.17, 15) is 9.90 Å². The number of carbonyl (C=O) groups is 1. The molecule has 0 amide bonds. The van der Waals surface area contributed by atoms with Gasteiger partial charge in [0.25, 0.3) is 6.47 Å². The summed E-state index contributed by atoms with van der Waals surface area (Å²) in [5, 5.41) is 9.65. The van der Waals surface area contributed by atoms with E-state index in [2.05, 4.69) is 19.1 Å². The molecule has 0 aromatic rings. The van der Waals surface area contributed by atoms with E-state index in [0.29, 0.717) is 18.8 Å². The molecule has 3 unspecified atom stereocenters. The minimum atomic E-state index is -0.491. The number of unbranched alkanes of at least 4 members (excludes halogenated alkanes) is 4. The second kappa shape index (κ2) is 8.29. The second-order valence-corrected chi connectivity index (χ2v) is 4.85. The van der Waals surface area contributed by atoms with Gasteiger partial charge in [0.15, 0.2) is 0 Å². The van der Waals surface area contributed by atoms with Crippen molar-refractivity contribution in [3.8, 4) is 0 Å². The van der Waals surface area contributed by atoms with Crippen molar-refractivity contribution in [3.63, 3.8) is 0 Å². The summed E-state index contributed by atoms with van der Waals surface area (Å²) in [4.78, 5) is 10.2. The monoisotopic (exact) mass is 240 g/mol. The van der Waals surface area contributed by atoms with Gasteiger partial charge in [-0.05, 0) is 31.6 Å². The summed E-state index contributed by atoms with van der Waals surface area (Å²) in [7, 11) is 0. The first-order valence-electron chi connectivity index (χ1n) is 6.71. The van der Waals surface area contributed by atoms with Gasteiger partial charge in [0.05, 0.1) is 6.10 Å². The Morgan fingerprint density at radius 2 is 2.12 bits per heavy atom. The average Bonchev–Trinajstić information content (AvgIpc) is 2.65. The van der Waals surface area contributed by atoms with Gasteiger partial charge < -0.3 is 9.84 Å². The van der Waals surface area contributed by atoms with Crippen molar-refractivity contribution < 1.29 is 14.6 Å². The Hall–Kier alpha value is -0.830. The fourth-order valence-corrected chi connectivity index (χ4v) is 2.37. The predicted octanol–water partition coefficient (Wildman–Crippen LogP) is 2.83. The molecule has 3 atom stereocenters. The molecule has 0 bridgehead atoms. The van der Waals surface area contributed by atoms with Gasteiger partial charge in [-0.15, -0.1) is 0 Å². The van der Waals surface area contributed by atoms with Gasteiger partial charge in [0.1, 0.15) is 6.10 Å². The molecule has 1 aliphatic carbocycles. The molecule has 0 radical (unpaired) electrons. The number of rotatable bonds is 8. The van der Waals surface area contributed by atoms with Crippen LogP contribution in [0.3, 0.4) is 0 Å². The molecule has 17 heavy (non-hydrogen) atoms. The zero-order valence-electron chi connectivity index (χ0n) is 10.7. The molecule has 1 rings (SSSR count). The van der Waals surface area contributed by atoms with Crippen LogP contribution in [0.5, 0.6) is 0 Å². The van der Waals surface area contributed by atoms with E-state index in [1.807, 2.05) is 0 Å². The summed E-state index contributed by atoms with van der Waals surface area (Å²) in [6.07, 6.45) is 11.3. The lowest BCUT2D eigenvalue weighted by Crippen LogP contribution is -2.21. The molecule has 1 N–H and O–H groups in total. The minimum absolute atomic E-state index is 0.303. The molecule has 1 saturated carbocycles. The minimum Gasteiger partial charge on any atom is -0.462 e. The van der Waals surface area contributed by atoms with Crippen LogP contribution in [0, 0.1) is 5.92 Å². The van der Waals surface area contributed by atoms with E-state index >= 15 is 0 Å². The lowest BCUT2D eigenvalue weighted by atomic mass is 10.1. The number of carbonyl (C=O) groups excluding carboxylic acids is 1. The van der Waals surface area contributed by atoms with Gasteiger partial charge in [0, 0.05) is 0 Å². The normalized spacial score (nSPS) is 28.7. The molecule has 0 aromatic heterocycles. The van der Waals surface area contributed by atoms with E-state index < -0.39 is 6.10 Å². The third kappa shape index (κ3) is 5.35. The standard InChI is InChI=1S/C14H24O3/c1-2-3-4-5-6-7-8-12-9-13(16)14(10-12)17-11-15/h7-8,11-14,16H,2-6,9-10H2,1H3. The molecule has 0 aliphatic heterocycles. The summed E-state index contributed by atoms with van der Waals surface area (Å²) in [5.74, 6) is 0.362. The molecule has 98 valence electrons. The van der Waals surface area contributed by atoms with E-state index in [0.717, 1.165) is 12.8 Å². The first-order chi connectivity index (χ1) is 8.27. The van der Waals surface area contributed by atoms with E-state index in [1.54, 1.807) is 0 Å². The van der Waals surface area contributed by atoms with Crippen molar-refractivity contribution in [2.24, 2.45) is 5.92 Å². The third-order valence-electron chi connectivity index (χ3n) is 3.37. The quantitative estimate of drug-likeness (QED) is 0.403. The van der Waals surface area contributed by atoms with Crippen molar-refractivity contribution in [1.82, 2.24) is 0 Å². The van der Waals surface area contributed by atoms with Crippen LogP contribution < -0.4 is 0 Å². The maximum absolute atomic E-state index is 10.2. The van der Waals surface area contributed by atoms with E-state index in [1.165, 1.54) is 25.7 Å². The van der Waals surface area contributed by atoms with Crippen LogP contribution in [0.25, 0.3) is 0 Å². The fourth-order valence-electron chi connectivity index (χ4n) is 2.37. The van der Waals surface area contributed by atoms with Crippen molar-refractivity contribution >= 4 is 6.47 Å². The summed E-state index contributed by atoms with van der Waals surface area (Å²) in [5.41, 5.74) is 0. The van der Waals surface area contributed by atoms with Crippen LogP contribution in [-0.2, 0) is 9.53 Å². The van der Waals surface area contributed by atoms with Gasteiger partial charge in [-0.3, -0.25) is 4.79 Å². The molecular weight excluding hydrogens is 216 g/mol. The number of allylic oxidation sites excluding steroid dienone is 2. The van der Waals surface area contributed by atoms with Crippen molar-refractivity contribution in [2.75, 3.05) is 0 Å². The summed E-state index contributed by atoms with van der Waals surface area (Å²) in [6, 6.07) is 0. The van der Waals surface area contributed by atoms with Gasteiger partial charge in [0.2, 0.25) is 0 Å². The Morgan fingerprint density at radius 3 is 2.82 bits per heavy atom. The molecule has 0 aromatic carbocycles. The smallest absolute Gasteiger partial charge is 0.293 e. The topological polar surface area (TPSA) is 46.5 Å². The first kappa shape index (κ1) is 14.2. The molecule has 3 nitrogen and oxygen atoms in total. The van der Waals surface area contributed by atoms with Crippen molar-refractivity contribution in [2.45, 2.75) is 64.1 Å². The molecule has 0 heterocycles. The Labute approximate surface area is 104 Å². The SMILES string of the molecule is CCCCCCC=CC1CC(O)C(OC=O)C1. The van der Waals surface area contributed by atoms with Crippen molar-refractivity contribution in [1.29, 1.82) is 0 Å². The molecule has 0 saturated heterocycles. The number of hydrogen-bond acceptors (Lipinski definition) is 3. The van der Waals surface area contributed by atoms with E-state index in [-0.39, 0.29) is 6.10 Å².